The van der Waals surface area contributed by atoms with Crippen LogP contribution in [0.15, 0.2) is 29.2 Å². The molecule has 1 aromatic carbocycles. The van der Waals surface area contributed by atoms with Gasteiger partial charge in [0.05, 0.1) is 16.9 Å². The monoisotopic (exact) mass is 328 g/mol. The molecule has 0 bridgehead atoms. The van der Waals surface area contributed by atoms with Crippen LogP contribution < -0.4 is 0 Å². The predicted octanol–water partition coefficient (Wildman–Crippen LogP) is 3.37. The number of carboxylic acids is 1. The van der Waals surface area contributed by atoms with E-state index < -0.39 is 21.5 Å². The Morgan fingerprint density at radius 3 is 2.27 bits per heavy atom. The maximum absolute atomic E-state index is 11.9. The van der Waals surface area contributed by atoms with E-state index in [9.17, 15) is 13.2 Å². The quantitative estimate of drug-likeness (QED) is 0.555. The molecule has 0 aliphatic rings. The maximum Gasteiger partial charge on any atom is 0.309 e. The molecule has 1 rings (SSSR count). The van der Waals surface area contributed by atoms with Crippen molar-refractivity contribution in [2.75, 3.05) is 6.61 Å². The molecule has 0 atom stereocenters. The third-order valence-corrected chi connectivity index (χ3v) is 4.90. The Morgan fingerprint density at radius 1 is 1.14 bits per heavy atom. The van der Waals surface area contributed by atoms with Crippen LogP contribution in [0.25, 0.3) is 0 Å². The molecule has 1 N–H and O–H groups in total. The average molecular weight is 328 g/mol. The number of hydrogen-bond acceptors (Lipinski definition) is 4. The van der Waals surface area contributed by atoms with Crippen molar-refractivity contribution in [3.8, 4) is 0 Å². The molecule has 0 fully saturated rings. The van der Waals surface area contributed by atoms with E-state index in [4.69, 9.17) is 9.29 Å². The van der Waals surface area contributed by atoms with Crippen molar-refractivity contribution in [3.63, 3.8) is 0 Å². The number of unbranched alkanes of at least 4 members (excludes halogenated alkanes) is 2. The zero-order valence-corrected chi connectivity index (χ0v) is 14.1. The van der Waals surface area contributed by atoms with Crippen LogP contribution in [-0.4, -0.2) is 26.1 Å². The highest BCUT2D eigenvalue weighted by molar-refractivity contribution is 7.86. The van der Waals surface area contributed by atoms with Crippen LogP contribution in [0.1, 0.15) is 45.1 Å². The van der Waals surface area contributed by atoms with Gasteiger partial charge in [-0.25, -0.2) is 0 Å². The van der Waals surface area contributed by atoms with Crippen LogP contribution in [0.3, 0.4) is 0 Å². The van der Waals surface area contributed by atoms with Gasteiger partial charge in [-0.2, -0.15) is 8.42 Å². The second-order valence-electron chi connectivity index (χ2n) is 6.09. The van der Waals surface area contributed by atoms with E-state index in [1.807, 2.05) is 6.92 Å². The summed E-state index contributed by atoms with van der Waals surface area (Å²) in [6.07, 6.45) is 2.61. The Morgan fingerprint density at radius 2 is 1.73 bits per heavy atom. The first-order valence-corrected chi connectivity index (χ1v) is 8.75. The summed E-state index contributed by atoms with van der Waals surface area (Å²) in [4.78, 5) is 11.1. The van der Waals surface area contributed by atoms with Crippen molar-refractivity contribution in [1.82, 2.24) is 0 Å². The Hall–Kier alpha value is -1.40. The molecule has 0 saturated carbocycles. The highest BCUT2D eigenvalue weighted by Crippen LogP contribution is 2.23. The smallest absolute Gasteiger partial charge is 0.309 e. The molecule has 0 aliphatic heterocycles. The van der Waals surface area contributed by atoms with E-state index in [1.54, 1.807) is 26.0 Å². The topological polar surface area (TPSA) is 80.7 Å². The molecule has 0 heterocycles. The first-order chi connectivity index (χ1) is 10.1. The third-order valence-electron chi connectivity index (χ3n) is 3.57. The summed E-state index contributed by atoms with van der Waals surface area (Å²) in [7, 11) is -3.70. The molecule has 22 heavy (non-hydrogen) atoms. The fraction of sp³-hybridized carbons (Fsp3) is 0.562. The first kappa shape index (κ1) is 18.6. The molecule has 0 unspecified atom stereocenters. The fourth-order valence-corrected chi connectivity index (χ4v) is 2.84. The number of hydrogen-bond donors (Lipinski definition) is 1. The van der Waals surface area contributed by atoms with Crippen molar-refractivity contribution in [3.05, 3.63) is 29.8 Å². The summed E-state index contributed by atoms with van der Waals surface area (Å²) in [5, 5.41) is 8.99. The molecular weight excluding hydrogens is 304 g/mol. The Balaban J connectivity index is 2.32. The van der Waals surface area contributed by atoms with Crippen molar-refractivity contribution >= 4 is 16.1 Å². The van der Waals surface area contributed by atoms with Crippen molar-refractivity contribution < 1.29 is 22.5 Å². The Labute approximate surface area is 132 Å². The standard InChI is InChI=1S/C16H24O5S/c1-13-7-9-14(10-8-13)22(19,20)21-12-6-4-5-11-16(2,3)15(17)18/h7-10H,4-6,11-12H2,1-3H3,(H,17,18). The zero-order chi connectivity index (χ0) is 16.8. The van der Waals surface area contributed by atoms with Crippen molar-refractivity contribution in [2.24, 2.45) is 5.41 Å². The number of aryl methyl sites for hydroxylation is 1. The Bertz CT molecular complexity index is 587. The van der Waals surface area contributed by atoms with Crippen LogP contribution >= 0.6 is 0 Å². The fourth-order valence-electron chi connectivity index (χ4n) is 1.89. The van der Waals surface area contributed by atoms with Crippen LogP contribution in [0, 0.1) is 12.3 Å². The third kappa shape index (κ3) is 5.77. The van der Waals surface area contributed by atoms with E-state index in [2.05, 4.69) is 0 Å². The van der Waals surface area contributed by atoms with Gasteiger partial charge >= 0.3 is 5.97 Å². The number of rotatable bonds is 9. The molecule has 0 radical (unpaired) electrons. The van der Waals surface area contributed by atoms with Crippen LogP contribution in [0.4, 0.5) is 0 Å². The number of carboxylic acid groups (broad SMARTS) is 1. The van der Waals surface area contributed by atoms with Crippen LogP contribution in [0.5, 0.6) is 0 Å². The lowest BCUT2D eigenvalue weighted by Gasteiger charge is -2.18. The molecule has 1 aromatic rings. The number of carbonyl (C=O) groups is 1. The SMILES string of the molecule is Cc1ccc(S(=O)(=O)OCCCCCC(C)(C)C(=O)O)cc1. The average Bonchev–Trinajstić information content (AvgIpc) is 2.43. The first-order valence-electron chi connectivity index (χ1n) is 7.35. The minimum absolute atomic E-state index is 0.115. The van der Waals surface area contributed by atoms with Gasteiger partial charge in [0.2, 0.25) is 0 Å². The predicted molar refractivity (Wildman–Crippen MR) is 84.2 cm³/mol. The molecule has 6 heteroatoms. The molecule has 5 nitrogen and oxygen atoms in total. The van der Waals surface area contributed by atoms with Crippen LogP contribution in [0.2, 0.25) is 0 Å². The minimum atomic E-state index is -3.70. The second-order valence-corrected chi connectivity index (χ2v) is 7.70. The van der Waals surface area contributed by atoms with Crippen molar-refractivity contribution in [2.45, 2.75) is 51.3 Å². The normalized spacial score (nSPS) is 12.3. The highest BCUT2D eigenvalue weighted by atomic mass is 32.2. The number of benzene rings is 1. The van der Waals surface area contributed by atoms with Gasteiger partial charge < -0.3 is 5.11 Å². The summed E-state index contributed by atoms with van der Waals surface area (Å²) in [6.45, 7) is 5.38. The molecular formula is C16H24O5S. The molecule has 0 spiro atoms. The zero-order valence-electron chi connectivity index (χ0n) is 13.3. The van der Waals surface area contributed by atoms with Gasteiger partial charge in [0.1, 0.15) is 0 Å². The lowest BCUT2D eigenvalue weighted by molar-refractivity contribution is -0.147. The molecule has 0 aromatic heterocycles. The van der Waals surface area contributed by atoms with Gasteiger partial charge in [0.15, 0.2) is 0 Å². The maximum atomic E-state index is 11.9. The second kappa shape index (κ2) is 7.74. The van der Waals surface area contributed by atoms with E-state index in [0.717, 1.165) is 18.4 Å². The summed E-state index contributed by atoms with van der Waals surface area (Å²) in [6, 6.07) is 6.51. The summed E-state index contributed by atoms with van der Waals surface area (Å²) in [5.74, 6) is -0.814. The highest BCUT2D eigenvalue weighted by Gasteiger charge is 2.26. The van der Waals surface area contributed by atoms with E-state index in [0.29, 0.717) is 12.8 Å². The minimum Gasteiger partial charge on any atom is -0.481 e. The van der Waals surface area contributed by atoms with Gasteiger partial charge in [-0.05, 0) is 45.7 Å². The molecule has 0 aliphatic carbocycles. The summed E-state index contributed by atoms with van der Waals surface area (Å²) >= 11 is 0. The summed E-state index contributed by atoms with van der Waals surface area (Å²) < 4.78 is 28.8. The van der Waals surface area contributed by atoms with E-state index in [1.165, 1.54) is 12.1 Å². The van der Waals surface area contributed by atoms with Crippen molar-refractivity contribution in [1.29, 1.82) is 0 Å². The lowest BCUT2D eigenvalue weighted by Crippen LogP contribution is -2.23. The van der Waals surface area contributed by atoms with Gasteiger partial charge in [-0.15, -0.1) is 0 Å². The molecule has 0 saturated heterocycles. The van der Waals surface area contributed by atoms with E-state index >= 15 is 0 Å². The summed E-state index contributed by atoms with van der Waals surface area (Å²) in [5.41, 5.74) is 0.245. The van der Waals surface area contributed by atoms with Gasteiger partial charge in [-0.1, -0.05) is 30.5 Å². The van der Waals surface area contributed by atoms with E-state index in [-0.39, 0.29) is 11.5 Å². The lowest BCUT2D eigenvalue weighted by atomic mass is 9.87. The largest absolute Gasteiger partial charge is 0.481 e. The van der Waals surface area contributed by atoms with Gasteiger partial charge in [0.25, 0.3) is 10.1 Å². The number of aliphatic carboxylic acids is 1. The van der Waals surface area contributed by atoms with Gasteiger partial charge in [-0.3, -0.25) is 8.98 Å². The Kier molecular flexibility index (Phi) is 6.56. The van der Waals surface area contributed by atoms with Gasteiger partial charge in [0, 0.05) is 0 Å². The van der Waals surface area contributed by atoms with Crippen LogP contribution in [-0.2, 0) is 19.1 Å². The molecule has 0 amide bonds. The molecule has 124 valence electrons.